The largest absolute Gasteiger partial charge is 0.459 e. The van der Waals surface area contributed by atoms with Crippen LogP contribution >= 0.6 is 0 Å². The molecular formula is C7H15NO6S. The van der Waals surface area contributed by atoms with E-state index < -0.39 is 29.1 Å². The molecule has 1 N–H and O–H groups in total. The first-order valence-electron chi connectivity index (χ1n) is 4.14. The molecule has 0 saturated heterocycles. The van der Waals surface area contributed by atoms with Crippen LogP contribution in [0.15, 0.2) is 0 Å². The Bertz CT molecular complexity index is 299. The van der Waals surface area contributed by atoms with Gasteiger partial charge >= 0.3 is 16.4 Å². The number of esters is 1. The SMILES string of the molecule is CC(=O)OC(COS(=O)(=O)O)CN(C)C. The predicted molar refractivity (Wildman–Crippen MR) is 51.6 cm³/mol. The Labute approximate surface area is 88.9 Å². The molecule has 15 heavy (non-hydrogen) atoms. The Morgan fingerprint density at radius 3 is 2.33 bits per heavy atom. The van der Waals surface area contributed by atoms with Crippen molar-refractivity contribution >= 4 is 16.4 Å². The molecule has 0 aromatic carbocycles. The van der Waals surface area contributed by atoms with E-state index in [0.29, 0.717) is 6.54 Å². The number of ether oxygens (including phenoxy) is 1. The van der Waals surface area contributed by atoms with Gasteiger partial charge in [0.1, 0.15) is 12.7 Å². The summed E-state index contributed by atoms with van der Waals surface area (Å²) < 4.78 is 37.8. The van der Waals surface area contributed by atoms with Crippen molar-refractivity contribution in [2.75, 3.05) is 27.2 Å². The van der Waals surface area contributed by atoms with Crippen molar-refractivity contribution in [2.45, 2.75) is 13.0 Å². The summed E-state index contributed by atoms with van der Waals surface area (Å²) >= 11 is 0. The lowest BCUT2D eigenvalue weighted by molar-refractivity contribution is -0.148. The number of hydrogen-bond acceptors (Lipinski definition) is 6. The van der Waals surface area contributed by atoms with E-state index in [-0.39, 0.29) is 0 Å². The highest BCUT2D eigenvalue weighted by Crippen LogP contribution is 1.99. The van der Waals surface area contributed by atoms with Crippen molar-refractivity contribution in [1.82, 2.24) is 4.90 Å². The summed E-state index contributed by atoms with van der Waals surface area (Å²) in [6.07, 6.45) is -0.737. The molecule has 0 fully saturated rings. The van der Waals surface area contributed by atoms with Gasteiger partial charge in [0.2, 0.25) is 0 Å². The molecule has 1 atom stereocenters. The van der Waals surface area contributed by atoms with E-state index in [2.05, 4.69) is 4.18 Å². The van der Waals surface area contributed by atoms with E-state index in [4.69, 9.17) is 9.29 Å². The zero-order valence-electron chi connectivity index (χ0n) is 8.84. The number of carbonyl (C=O) groups is 1. The summed E-state index contributed by atoms with van der Waals surface area (Å²) in [7, 11) is -1.05. The molecule has 1 unspecified atom stereocenters. The van der Waals surface area contributed by atoms with Crippen molar-refractivity contribution in [1.29, 1.82) is 0 Å². The fourth-order valence-electron chi connectivity index (χ4n) is 0.928. The van der Waals surface area contributed by atoms with Crippen molar-refractivity contribution in [3.05, 3.63) is 0 Å². The van der Waals surface area contributed by atoms with E-state index in [0.717, 1.165) is 0 Å². The van der Waals surface area contributed by atoms with Gasteiger partial charge < -0.3 is 9.64 Å². The summed E-state index contributed by atoms with van der Waals surface area (Å²) in [5.41, 5.74) is 0. The maximum atomic E-state index is 10.7. The maximum Gasteiger partial charge on any atom is 0.397 e. The van der Waals surface area contributed by atoms with Gasteiger partial charge in [-0.15, -0.1) is 0 Å². The zero-order valence-corrected chi connectivity index (χ0v) is 9.65. The van der Waals surface area contributed by atoms with E-state index in [1.807, 2.05) is 0 Å². The highest BCUT2D eigenvalue weighted by Gasteiger charge is 2.17. The smallest absolute Gasteiger partial charge is 0.397 e. The predicted octanol–water partition coefficient (Wildman–Crippen LogP) is -0.701. The van der Waals surface area contributed by atoms with Crippen molar-refractivity contribution in [2.24, 2.45) is 0 Å². The van der Waals surface area contributed by atoms with Crippen LogP contribution in [0.2, 0.25) is 0 Å². The first kappa shape index (κ1) is 14.3. The van der Waals surface area contributed by atoms with Gasteiger partial charge in [0.15, 0.2) is 0 Å². The molecule has 0 heterocycles. The Hall–Kier alpha value is -0.700. The number of rotatable bonds is 6. The first-order valence-corrected chi connectivity index (χ1v) is 5.51. The summed E-state index contributed by atoms with van der Waals surface area (Å²) in [6.45, 7) is 1.10. The zero-order chi connectivity index (χ0) is 12.1. The molecule has 0 rings (SSSR count). The molecule has 0 radical (unpaired) electrons. The molecule has 0 saturated carbocycles. The monoisotopic (exact) mass is 241 g/mol. The average molecular weight is 241 g/mol. The maximum absolute atomic E-state index is 10.7. The van der Waals surface area contributed by atoms with Crippen molar-refractivity contribution in [3.63, 3.8) is 0 Å². The van der Waals surface area contributed by atoms with Gasteiger partial charge in [-0.25, -0.2) is 4.18 Å². The molecule has 8 heteroatoms. The fraction of sp³-hybridized carbons (Fsp3) is 0.857. The van der Waals surface area contributed by atoms with Crippen LogP contribution in [0.5, 0.6) is 0 Å². The van der Waals surface area contributed by atoms with E-state index in [1.54, 1.807) is 19.0 Å². The molecule has 90 valence electrons. The third kappa shape index (κ3) is 9.60. The Morgan fingerprint density at radius 1 is 1.47 bits per heavy atom. The second kappa shape index (κ2) is 6.01. The minimum absolute atomic E-state index is 0.301. The van der Waals surface area contributed by atoms with Gasteiger partial charge in [-0.3, -0.25) is 9.35 Å². The molecule has 0 aliphatic rings. The summed E-state index contributed by atoms with van der Waals surface area (Å²) in [6, 6.07) is 0. The van der Waals surface area contributed by atoms with Crippen molar-refractivity contribution in [3.8, 4) is 0 Å². The summed E-state index contributed by atoms with van der Waals surface area (Å²) in [5, 5.41) is 0. The molecular weight excluding hydrogens is 226 g/mol. The first-order chi connectivity index (χ1) is 6.70. The Kier molecular flexibility index (Phi) is 5.73. The third-order valence-corrected chi connectivity index (χ3v) is 1.74. The number of nitrogens with zero attached hydrogens (tertiary/aromatic N) is 1. The number of carbonyl (C=O) groups excluding carboxylic acids is 1. The highest BCUT2D eigenvalue weighted by atomic mass is 32.3. The van der Waals surface area contributed by atoms with Crippen LogP contribution in [-0.4, -0.2) is 57.2 Å². The van der Waals surface area contributed by atoms with Crippen LogP contribution in [0.25, 0.3) is 0 Å². The minimum Gasteiger partial charge on any atom is -0.459 e. The van der Waals surface area contributed by atoms with Crippen LogP contribution in [0.4, 0.5) is 0 Å². The summed E-state index contributed by atoms with van der Waals surface area (Å²) in [5.74, 6) is -0.541. The van der Waals surface area contributed by atoms with Crippen LogP contribution in [0, 0.1) is 0 Å². The van der Waals surface area contributed by atoms with E-state index in [9.17, 15) is 13.2 Å². The topological polar surface area (TPSA) is 93.1 Å². The number of hydrogen-bond donors (Lipinski definition) is 1. The van der Waals surface area contributed by atoms with Gasteiger partial charge in [-0.05, 0) is 14.1 Å². The highest BCUT2D eigenvalue weighted by molar-refractivity contribution is 7.80. The second-order valence-corrected chi connectivity index (χ2v) is 4.30. The Balaban J connectivity index is 4.18. The quantitative estimate of drug-likeness (QED) is 0.485. The lowest BCUT2D eigenvalue weighted by Crippen LogP contribution is -2.34. The van der Waals surface area contributed by atoms with E-state index >= 15 is 0 Å². The van der Waals surface area contributed by atoms with Gasteiger partial charge in [0.25, 0.3) is 0 Å². The van der Waals surface area contributed by atoms with Gasteiger partial charge in [-0.2, -0.15) is 8.42 Å². The molecule has 7 nitrogen and oxygen atoms in total. The minimum atomic E-state index is -4.50. The standard InChI is InChI=1S/C7H15NO6S/c1-6(9)14-7(4-8(2)3)5-13-15(10,11)12/h7H,4-5H2,1-3H3,(H,10,11,12). The lowest BCUT2D eigenvalue weighted by atomic mass is 10.3. The molecule has 0 aliphatic heterocycles. The van der Waals surface area contributed by atoms with E-state index in [1.165, 1.54) is 6.92 Å². The average Bonchev–Trinajstić information content (AvgIpc) is 1.96. The van der Waals surface area contributed by atoms with Gasteiger partial charge in [0, 0.05) is 13.5 Å². The summed E-state index contributed by atoms with van der Waals surface area (Å²) in [4.78, 5) is 12.3. The molecule has 0 aromatic heterocycles. The fourth-order valence-corrected chi connectivity index (χ4v) is 1.25. The lowest BCUT2D eigenvalue weighted by Gasteiger charge is -2.19. The Morgan fingerprint density at radius 2 is 2.00 bits per heavy atom. The van der Waals surface area contributed by atoms with Gasteiger partial charge in [-0.1, -0.05) is 0 Å². The second-order valence-electron chi connectivity index (χ2n) is 3.21. The third-order valence-electron chi connectivity index (χ3n) is 1.30. The molecule has 0 bridgehead atoms. The van der Waals surface area contributed by atoms with Crippen LogP contribution < -0.4 is 0 Å². The normalized spacial score (nSPS) is 13.9. The molecule has 0 amide bonds. The van der Waals surface area contributed by atoms with Crippen LogP contribution in [0.3, 0.4) is 0 Å². The number of likely N-dealkylation sites (N-methyl/N-ethyl adjacent to an activating group) is 1. The molecule has 0 aliphatic carbocycles. The van der Waals surface area contributed by atoms with Crippen molar-refractivity contribution < 1.29 is 26.7 Å². The van der Waals surface area contributed by atoms with Crippen LogP contribution in [-0.2, 0) is 24.1 Å². The molecule has 0 spiro atoms. The molecule has 0 aromatic rings. The van der Waals surface area contributed by atoms with Gasteiger partial charge in [0.05, 0.1) is 0 Å². The van der Waals surface area contributed by atoms with Crippen LogP contribution in [0.1, 0.15) is 6.92 Å².